The van der Waals surface area contributed by atoms with Gasteiger partial charge in [-0.15, -0.1) is 0 Å². The van der Waals surface area contributed by atoms with Crippen LogP contribution < -0.4 is 4.74 Å². The van der Waals surface area contributed by atoms with E-state index in [9.17, 15) is 14.7 Å². The van der Waals surface area contributed by atoms with Gasteiger partial charge in [0.15, 0.2) is 5.78 Å². The predicted octanol–water partition coefficient (Wildman–Crippen LogP) is 4.45. The van der Waals surface area contributed by atoms with Gasteiger partial charge in [-0.25, -0.2) is 9.78 Å². The number of hydrogen-bond acceptors (Lipinski definition) is 5. The normalized spacial score (nSPS) is 13.3. The molecule has 0 saturated heterocycles. The van der Waals surface area contributed by atoms with Gasteiger partial charge in [0, 0.05) is 28.9 Å². The van der Waals surface area contributed by atoms with Crippen LogP contribution >= 0.6 is 0 Å². The number of aromatic nitrogens is 1. The maximum Gasteiger partial charge on any atom is 0.339 e. The molecule has 7 nitrogen and oxygen atoms in total. The van der Waals surface area contributed by atoms with Crippen molar-refractivity contribution < 1.29 is 19.4 Å². The van der Waals surface area contributed by atoms with Crippen molar-refractivity contribution in [2.45, 2.75) is 59.4 Å². The molecule has 2 N–H and O–H groups in total. The molecule has 0 fully saturated rings. The van der Waals surface area contributed by atoms with Crippen LogP contribution in [0.5, 0.6) is 5.75 Å². The third-order valence-electron chi connectivity index (χ3n) is 5.53. The van der Waals surface area contributed by atoms with Crippen molar-refractivity contribution in [2.75, 3.05) is 13.2 Å². The fraction of sp³-hybridized carbons (Fsp3) is 0.440. The Morgan fingerprint density at radius 2 is 1.94 bits per heavy atom. The number of fused-ring (bicyclic) bond motifs is 1. The number of hydrogen-bond donors (Lipinski definition) is 2. The molecule has 0 amide bonds. The van der Waals surface area contributed by atoms with Gasteiger partial charge >= 0.3 is 5.97 Å². The molecular formula is C25H31N3O4. The molecule has 7 heteroatoms. The first-order chi connectivity index (χ1) is 15.1. The van der Waals surface area contributed by atoms with Crippen LogP contribution in [0.25, 0.3) is 0 Å². The number of Topliss-reactive ketones (excluding diaryl/α,β-unsaturated/α-hetero) is 1. The van der Waals surface area contributed by atoms with E-state index in [4.69, 9.17) is 10.1 Å². The number of carbonyl (C=O) groups excluding carboxylic acids is 1. The summed E-state index contributed by atoms with van der Waals surface area (Å²) in [6.45, 7) is 10.7. The number of nitrogens with zero attached hydrogens (tertiary/aromatic N) is 2. The zero-order valence-corrected chi connectivity index (χ0v) is 19.4. The molecule has 1 aromatic heterocycles. The lowest BCUT2D eigenvalue weighted by Gasteiger charge is -2.25. The maximum absolute atomic E-state index is 13.2. The second kappa shape index (κ2) is 9.10. The predicted molar refractivity (Wildman–Crippen MR) is 123 cm³/mol. The van der Waals surface area contributed by atoms with E-state index < -0.39 is 11.4 Å². The summed E-state index contributed by atoms with van der Waals surface area (Å²) in [5.41, 5.74) is 3.01. The Hall–Kier alpha value is -3.22. The van der Waals surface area contributed by atoms with E-state index in [0.717, 1.165) is 24.1 Å². The first-order valence-electron chi connectivity index (χ1n) is 11.0. The van der Waals surface area contributed by atoms with Gasteiger partial charge < -0.3 is 14.7 Å². The number of benzene rings is 1. The smallest absolute Gasteiger partial charge is 0.339 e. The van der Waals surface area contributed by atoms with E-state index in [2.05, 4.69) is 4.98 Å². The first kappa shape index (κ1) is 23.4. The highest BCUT2D eigenvalue weighted by atomic mass is 16.5. The molecule has 0 unspecified atom stereocenters. The highest BCUT2D eigenvalue weighted by Gasteiger charge is 2.30. The second-order valence-corrected chi connectivity index (χ2v) is 9.10. The number of ketones is 1. The molecule has 2 heterocycles. The van der Waals surface area contributed by atoms with Crippen LogP contribution in [0.1, 0.15) is 84.3 Å². The maximum atomic E-state index is 13.2. The number of ether oxygens (including phenoxy) is 1. The Labute approximate surface area is 188 Å². The number of amidine groups is 1. The van der Waals surface area contributed by atoms with Crippen molar-refractivity contribution in [3.8, 4) is 5.75 Å². The summed E-state index contributed by atoms with van der Waals surface area (Å²) >= 11 is 0. The quantitative estimate of drug-likeness (QED) is 0.591. The molecule has 0 spiro atoms. The molecular weight excluding hydrogens is 406 g/mol. The average Bonchev–Trinajstić information content (AvgIpc) is 3.05. The van der Waals surface area contributed by atoms with E-state index in [1.165, 1.54) is 6.07 Å². The molecule has 0 radical (unpaired) electrons. The van der Waals surface area contributed by atoms with Gasteiger partial charge in [-0.05, 0) is 36.5 Å². The molecule has 0 bridgehead atoms. The largest absolute Gasteiger partial charge is 0.492 e. The first-order valence-corrected chi connectivity index (χ1v) is 11.0. The summed E-state index contributed by atoms with van der Waals surface area (Å²) in [6, 6.07) is 7.03. The SMILES string of the molecule is CCCOc1c(C(=O)O)cc(C(=O)CN2Cc3ccc(CC)nc3C2=N)cc1C(C)(C)C. The van der Waals surface area contributed by atoms with Crippen LogP contribution in [-0.4, -0.2) is 45.7 Å². The molecule has 170 valence electrons. The fourth-order valence-corrected chi connectivity index (χ4v) is 3.76. The summed E-state index contributed by atoms with van der Waals surface area (Å²) < 4.78 is 5.81. The van der Waals surface area contributed by atoms with Crippen molar-refractivity contribution in [1.29, 1.82) is 5.41 Å². The van der Waals surface area contributed by atoms with Crippen LogP contribution in [0.4, 0.5) is 0 Å². The van der Waals surface area contributed by atoms with Crippen molar-refractivity contribution >= 4 is 17.6 Å². The highest BCUT2D eigenvalue weighted by molar-refractivity contribution is 6.05. The lowest BCUT2D eigenvalue weighted by Crippen LogP contribution is -2.31. The van der Waals surface area contributed by atoms with E-state index in [-0.39, 0.29) is 23.7 Å². The Kier molecular flexibility index (Phi) is 6.67. The number of aromatic carboxylic acids is 1. The minimum atomic E-state index is -1.13. The zero-order chi connectivity index (χ0) is 23.6. The molecule has 2 aromatic rings. The minimum Gasteiger partial charge on any atom is -0.492 e. The molecule has 0 aliphatic carbocycles. The minimum absolute atomic E-state index is 0.0109. The molecule has 3 rings (SSSR count). The fourth-order valence-electron chi connectivity index (χ4n) is 3.76. The molecule has 1 aromatic carbocycles. The van der Waals surface area contributed by atoms with E-state index in [0.29, 0.717) is 35.7 Å². The Balaban J connectivity index is 1.94. The molecule has 0 saturated carbocycles. The number of carbonyl (C=O) groups is 2. The molecule has 1 aliphatic rings. The van der Waals surface area contributed by atoms with Crippen molar-refractivity contribution in [2.24, 2.45) is 0 Å². The van der Waals surface area contributed by atoms with Crippen molar-refractivity contribution in [1.82, 2.24) is 9.88 Å². The topological polar surface area (TPSA) is 104 Å². The zero-order valence-electron chi connectivity index (χ0n) is 19.4. The van der Waals surface area contributed by atoms with Gasteiger partial charge in [0.1, 0.15) is 22.8 Å². The summed E-state index contributed by atoms with van der Waals surface area (Å²) in [6.07, 6.45) is 1.52. The van der Waals surface area contributed by atoms with Crippen LogP contribution in [0.3, 0.4) is 0 Å². The van der Waals surface area contributed by atoms with E-state index in [1.807, 2.05) is 46.8 Å². The van der Waals surface area contributed by atoms with Gasteiger partial charge in [-0.2, -0.15) is 0 Å². The van der Waals surface area contributed by atoms with Crippen LogP contribution in [0, 0.1) is 5.41 Å². The van der Waals surface area contributed by atoms with E-state index in [1.54, 1.807) is 11.0 Å². The number of carboxylic acids is 1. The second-order valence-electron chi connectivity index (χ2n) is 9.10. The summed E-state index contributed by atoms with van der Waals surface area (Å²) in [7, 11) is 0. The van der Waals surface area contributed by atoms with Crippen molar-refractivity contribution in [3.63, 3.8) is 0 Å². The molecule has 0 atom stereocenters. The molecule has 32 heavy (non-hydrogen) atoms. The third-order valence-corrected chi connectivity index (χ3v) is 5.53. The summed E-state index contributed by atoms with van der Waals surface area (Å²) in [5.74, 6) is -0.829. The molecule has 1 aliphatic heterocycles. The Bertz CT molecular complexity index is 1070. The number of rotatable bonds is 8. The van der Waals surface area contributed by atoms with Gasteiger partial charge in [0.05, 0.1) is 13.2 Å². The lowest BCUT2D eigenvalue weighted by molar-refractivity contribution is 0.0691. The summed E-state index contributed by atoms with van der Waals surface area (Å²) in [5, 5.41) is 18.3. The standard InChI is InChI=1S/C25H31N3O4/c1-6-10-32-22-18(24(30)31)11-16(12-19(22)25(3,4)5)20(29)14-28-13-15-8-9-17(7-2)27-21(15)23(28)26/h8-9,11-12,26H,6-7,10,13-14H2,1-5H3,(H,30,31). The lowest BCUT2D eigenvalue weighted by atomic mass is 9.83. The number of nitrogens with one attached hydrogen (secondary N) is 1. The highest BCUT2D eigenvalue weighted by Crippen LogP contribution is 2.36. The van der Waals surface area contributed by atoms with Crippen LogP contribution in [0.2, 0.25) is 0 Å². The van der Waals surface area contributed by atoms with Gasteiger partial charge in [-0.3, -0.25) is 10.2 Å². The number of carboxylic acid groups (broad SMARTS) is 1. The van der Waals surface area contributed by atoms with E-state index >= 15 is 0 Å². The van der Waals surface area contributed by atoms with Gasteiger partial charge in [0.25, 0.3) is 0 Å². The summed E-state index contributed by atoms with van der Waals surface area (Å²) in [4.78, 5) is 31.4. The van der Waals surface area contributed by atoms with Crippen LogP contribution in [-0.2, 0) is 18.4 Å². The van der Waals surface area contributed by atoms with Crippen molar-refractivity contribution in [3.05, 3.63) is 57.9 Å². The monoisotopic (exact) mass is 437 g/mol. The van der Waals surface area contributed by atoms with Crippen LogP contribution in [0.15, 0.2) is 24.3 Å². The van der Waals surface area contributed by atoms with Gasteiger partial charge in [-0.1, -0.05) is 40.7 Å². The average molecular weight is 438 g/mol. The number of aryl methyl sites for hydroxylation is 1. The third kappa shape index (κ3) is 4.66. The Morgan fingerprint density at radius 1 is 1.22 bits per heavy atom. The Morgan fingerprint density at radius 3 is 2.53 bits per heavy atom. The number of pyridine rings is 1. The van der Waals surface area contributed by atoms with Gasteiger partial charge in [0.2, 0.25) is 0 Å².